The lowest BCUT2D eigenvalue weighted by molar-refractivity contribution is 0.102. The lowest BCUT2D eigenvalue weighted by atomic mass is 9.86. The SMILES string of the molecule is C=C1N[C@](C)(c2cc(NC(=O)c3ccc(F)cn3)ccc2F)[C@H](CN(CC)S(=O)(=O)c2ccc(F)cc2)S(=O)(=O)N1C. The van der Waals surface area contributed by atoms with Gasteiger partial charge in [0.05, 0.1) is 16.6 Å². The Morgan fingerprint density at radius 2 is 1.76 bits per heavy atom. The predicted molar refractivity (Wildman–Crippen MR) is 149 cm³/mol. The van der Waals surface area contributed by atoms with E-state index in [0.717, 1.165) is 57.3 Å². The number of carbonyl (C=O) groups excluding carboxylic acids is 1. The summed E-state index contributed by atoms with van der Waals surface area (Å²) >= 11 is 0. The maximum Gasteiger partial charge on any atom is 0.274 e. The van der Waals surface area contributed by atoms with Crippen LogP contribution >= 0.6 is 0 Å². The van der Waals surface area contributed by atoms with Gasteiger partial charge in [-0.15, -0.1) is 0 Å². The molecule has 2 heterocycles. The maximum atomic E-state index is 15.5. The summed E-state index contributed by atoms with van der Waals surface area (Å²) in [4.78, 5) is 16.1. The van der Waals surface area contributed by atoms with Gasteiger partial charge in [-0.2, -0.15) is 4.31 Å². The van der Waals surface area contributed by atoms with E-state index in [1.807, 2.05) is 0 Å². The van der Waals surface area contributed by atoms with E-state index >= 15 is 4.39 Å². The van der Waals surface area contributed by atoms with Crippen molar-refractivity contribution in [3.05, 3.63) is 102 Å². The molecule has 0 unspecified atom stereocenters. The Balaban J connectivity index is 1.77. The summed E-state index contributed by atoms with van der Waals surface area (Å²) in [6.45, 7) is 5.85. The van der Waals surface area contributed by atoms with Gasteiger partial charge in [-0.05, 0) is 61.5 Å². The maximum absolute atomic E-state index is 15.5. The van der Waals surface area contributed by atoms with Crippen molar-refractivity contribution in [3.8, 4) is 0 Å². The summed E-state index contributed by atoms with van der Waals surface area (Å²) in [5.41, 5.74) is -2.06. The second-order valence-electron chi connectivity index (χ2n) is 9.70. The zero-order chi connectivity index (χ0) is 31.0. The van der Waals surface area contributed by atoms with Crippen LogP contribution in [0, 0.1) is 17.5 Å². The Morgan fingerprint density at radius 3 is 2.36 bits per heavy atom. The third-order valence-electron chi connectivity index (χ3n) is 7.09. The number of pyridine rings is 1. The van der Waals surface area contributed by atoms with Crippen molar-refractivity contribution in [2.45, 2.75) is 29.5 Å². The largest absolute Gasteiger partial charge is 0.361 e. The Hall–Kier alpha value is -3.95. The van der Waals surface area contributed by atoms with Crippen LogP contribution in [0.1, 0.15) is 29.9 Å². The molecule has 1 fully saturated rings. The predicted octanol–water partition coefficient (Wildman–Crippen LogP) is 3.38. The molecule has 1 aromatic heterocycles. The van der Waals surface area contributed by atoms with Gasteiger partial charge in [0, 0.05) is 31.4 Å². The van der Waals surface area contributed by atoms with Gasteiger partial charge in [0.15, 0.2) is 0 Å². The molecular formula is C27H28F3N5O5S2. The zero-order valence-electron chi connectivity index (χ0n) is 22.8. The Labute approximate surface area is 242 Å². The number of hydrogen-bond acceptors (Lipinski definition) is 7. The molecule has 10 nitrogen and oxygen atoms in total. The minimum Gasteiger partial charge on any atom is -0.361 e. The van der Waals surface area contributed by atoms with E-state index in [9.17, 15) is 30.4 Å². The number of benzene rings is 2. The van der Waals surface area contributed by atoms with E-state index in [1.54, 1.807) is 0 Å². The van der Waals surface area contributed by atoms with Crippen molar-refractivity contribution in [3.63, 3.8) is 0 Å². The number of sulfonamides is 2. The average molecular weight is 624 g/mol. The van der Waals surface area contributed by atoms with Crippen LogP contribution in [0.2, 0.25) is 0 Å². The van der Waals surface area contributed by atoms with Gasteiger partial charge in [-0.3, -0.25) is 9.10 Å². The molecule has 15 heteroatoms. The van der Waals surface area contributed by atoms with Crippen LogP contribution in [0.4, 0.5) is 18.9 Å². The Kier molecular flexibility index (Phi) is 8.40. The molecular weight excluding hydrogens is 595 g/mol. The first kappa shape index (κ1) is 31.0. The molecule has 0 bridgehead atoms. The van der Waals surface area contributed by atoms with Gasteiger partial charge in [0.25, 0.3) is 5.91 Å². The second-order valence-corrected chi connectivity index (χ2v) is 13.8. The normalized spacial score (nSPS) is 20.3. The number of carbonyl (C=O) groups is 1. The smallest absolute Gasteiger partial charge is 0.274 e. The van der Waals surface area contributed by atoms with Gasteiger partial charge in [0.1, 0.15) is 34.2 Å². The molecule has 4 rings (SSSR count). The number of aromatic nitrogens is 1. The lowest BCUT2D eigenvalue weighted by Crippen LogP contribution is -2.65. The van der Waals surface area contributed by atoms with Gasteiger partial charge >= 0.3 is 0 Å². The third-order valence-corrected chi connectivity index (χ3v) is 11.4. The highest BCUT2D eigenvalue weighted by Gasteiger charge is 2.53. The molecule has 1 amide bonds. The number of hydrogen-bond donors (Lipinski definition) is 2. The summed E-state index contributed by atoms with van der Waals surface area (Å²) in [6.07, 6.45) is 0.856. The molecule has 1 aliphatic heterocycles. The highest BCUT2D eigenvalue weighted by molar-refractivity contribution is 7.90. The number of nitrogens with one attached hydrogen (secondary N) is 2. The van der Waals surface area contributed by atoms with Crippen LogP contribution < -0.4 is 10.6 Å². The van der Waals surface area contributed by atoms with E-state index in [2.05, 4.69) is 22.2 Å². The molecule has 0 saturated carbocycles. The third kappa shape index (κ3) is 5.71. The Morgan fingerprint density at radius 1 is 1.12 bits per heavy atom. The zero-order valence-corrected chi connectivity index (χ0v) is 24.4. The Bertz CT molecular complexity index is 1740. The fraction of sp³-hybridized carbons (Fsp3) is 0.259. The van der Waals surface area contributed by atoms with Crippen LogP contribution in [0.25, 0.3) is 0 Å². The van der Waals surface area contributed by atoms with Crippen LogP contribution in [0.15, 0.2) is 78.1 Å². The van der Waals surface area contributed by atoms with E-state index < -0.39 is 60.7 Å². The van der Waals surface area contributed by atoms with Gasteiger partial charge in [0.2, 0.25) is 20.0 Å². The van der Waals surface area contributed by atoms with Crippen molar-refractivity contribution in [2.75, 3.05) is 25.5 Å². The van der Waals surface area contributed by atoms with E-state index in [4.69, 9.17) is 0 Å². The highest BCUT2D eigenvalue weighted by atomic mass is 32.2. The van der Waals surface area contributed by atoms with Crippen molar-refractivity contribution in [1.29, 1.82) is 0 Å². The number of amides is 1. The minimum atomic E-state index is -4.36. The summed E-state index contributed by atoms with van der Waals surface area (Å²) in [5, 5.41) is 3.85. The molecule has 0 spiro atoms. The van der Waals surface area contributed by atoms with E-state index in [0.29, 0.717) is 0 Å². The molecule has 3 aromatic rings. The molecule has 0 aliphatic carbocycles. The summed E-state index contributed by atoms with van der Waals surface area (Å²) in [6, 6.07) is 9.75. The number of rotatable bonds is 8. The molecule has 2 N–H and O–H groups in total. The molecule has 1 aliphatic rings. The highest BCUT2D eigenvalue weighted by Crippen LogP contribution is 2.39. The summed E-state index contributed by atoms with van der Waals surface area (Å²) in [7, 11) is -7.43. The molecule has 224 valence electrons. The van der Waals surface area contributed by atoms with Gasteiger partial charge in [-0.25, -0.2) is 35.0 Å². The monoisotopic (exact) mass is 623 g/mol. The second kappa shape index (κ2) is 11.4. The summed E-state index contributed by atoms with van der Waals surface area (Å²) in [5.74, 6) is -2.97. The first-order valence-corrected chi connectivity index (χ1v) is 15.5. The average Bonchev–Trinajstić information content (AvgIpc) is 2.93. The van der Waals surface area contributed by atoms with Gasteiger partial charge in [-0.1, -0.05) is 13.5 Å². The lowest BCUT2D eigenvalue weighted by Gasteiger charge is -2.48. The van der Waals surface area contributed by atoms with E-state index in [-0.39, 0.29) is 34.2 Å². The van der Waals surface area contributed by atoms with Crippen LogP contribution in [-0.4, -0.2) is 61.7 Å². The van der Waals surface area contributed by atoms with Gasteiger partial charge < -0.3 is 10.6 Å². The topological polar surface area (TPSA) is 129 Å². The molecule has 42 heavy (non-hydrogen) atoms. The number of halogens is 3. The van der Waals surface area contributed by atoms with Crippen LogP contribution in [0.5, 0.6) is 0 Å². The summed E-state index contributed by atoms with van der Waals surface area (Å²) < 4.78 is 98.4. The van der Waals surface area contributed by atoms with Crippen molar-refractivity contribution < 1.29 is 34.8 Å². The number of anilines is 1. The van der Waals surface area contributed by atoms with Crippen molar-refractivity contribution in [2.24, 2.45) is 0 Å². The quantitative estimate of drug-likeness (QED) is 0.394. The fourth-order valence-electron chi connectivity index (χ4n) is 4.66. The molecule has 2 atom stereocenters. The molecule has 1 saturated heterocycles. The minimum absolute atomic E-state index is 0.0671. The van der Waals surface area contributed by atoms with Crippen LogP contribution in [-0.2, 0) is 25.6 Å². The van der Waals surface area contributed by atoms with Crippen LogP contribution in [0.3, 0.4) is 0 Å². The fourth-order valence-corrected chi connectivity index (χ4v) is 8.11. The van der Waals surface area contributed by atoms with E-state index in [1.165, 1.54) is 33.0 Å². The standard InChI is InChI=1S/C27H28F3N5O5S2/c1-5-35(41(37,38)21-10-6-18(28)7-11-21)16-25-27(3,33-17(2)34(4)42(25,39)40)22-14-20(9-12-23(22)30)32-26(36)24-13-8-19(29)15-31-24/h6-15,25,33H,2,5,16H2,1,3-4H3,(H,32,36)/t25-,27+/m0/s1. The first-order chi connectivity index (χ1) is 19.6. The number of nitrogens with zero attached hydrogens (tertiary/aromatic N) is 3. The van der Waals surface area contributed by atoms with Crippen molar-refractivity contribution >= 4 is 31.6 Å². The van der Waals surface area contributed by atoms with Crippen molar-refractivity contribution in [1.82, 2.24) is 18.9 Å². The molecule has 0 radical (unpaired) electrons. The molecule has 2 aromatic carbocycles. The first-order valence-electron chi connectivity index (χ1n) is 12.5.